The lowest BCUT2D eigenvalue weighted by Gasteiger charge is -2.36. The quantitative estimate of drug-likeness (QED) is 0.0330. The maximum atomic E-state index is 14.3. The van der Waals surface area contributed by atoms with E-state index in [4.69, 9.17) is 12.2 Å². The molecule has 6 amide bonds. The van der Waals surface area contributed by atoms with Crippen molar-refractivity contribution in [2.75, 3.05) is 27.2 Å². The van der Waals surface area contributed by atoms with Crippen LogP contribution in [0, 0.1) is 0 Å². The predicted molar refractivity (Wildman–Crippen MR) is 316 cm³/mol. The van der Waals surface area contributed by atoms with E-state index in [-0.39, 0.29) is 47.5 Å². The van der Waals surface area contributed by atoms with Crippen molar-refractivity contribution in [3.63, 3.8) is 0 Å². The molecule has 8 N–H and O–H groups in total. The van der Waals surface area contributed by atoms with E-state index < -0.39 is 48.3 Å². The van der Waals surface area contributed by atoms with Gasteiger partial charge in [0.15, 0.2) is 5.11 Å². The number of aryl methyl sites for hydroxylation is 2. The zero-order valence-electron chi connectivity index (χ0n) is 47.1. The van der Waals surface area contributed by atoms with Gasteiger partial charge in [0, 0.05) is 25.2 Å². The number of thiocarbonyl (C=S) groups is 1. The highest BCUT2D eigenvalue weighted by molar-refractivity contribution is 7.80. The molecular weight excluding hydrogens is 1020 g/mol. The molecule has 4 fully saturated rings. The lowest BCUT2D eigenvalue weighted by molar-refractivity contribution is -0.144. The predicted octanol–water partition coefficient (Wildman–Crippen LogP) is 6.18. The molecule has 0 aromatic heterocycles. The summed E-state index contributed by atoms with van der Waals surface area (Å²) in [5.41, 5.74) is 6.15. The normalized spacial score (nSPS) is 22.6. The van der Waals surface area contributed by atoms with Crippen molar-refractivity contribution in [3.8, 4) is 0 Å². The van der Waals surface area contributed by atoms with Gasteiger partial charge in [-0.1, -0.05) is 135 Å². The lowest BCUT2D eigenvalue weighted by atomic mass is 9.96. The van der Waals surface area contributed by atoms with E-state index >= 15 is 0 Å². The Morgan fingerprint density at radius 2 is 0.863 bits per heavy atom. The number of hydrogen-bond acceptors (Lipinski definition) is 9. The van der Waals surface area contributed by atoms with Crippen LogP contribution < -0.4 is 42.5 Å². The SMILES string of the molecule is CN[C@@H](C)C(=O)N[C@H]1CCCC[C@H]2CC[C@@H](C(=O)N[C@H](c3ccccc3)c3ccc(CCCNC(=S)NCCCc4ccc([C@@H](NC(=O)[C@@H]5CC[C@@H]6CCCC[C@H](NC(=O)[C@@H](C)NC)C(=O)N65)c5ccccc5)cc4)cc3)N2C1=O. The van der Waals surface area contributed by atoms with Gasteiger partial charge in [-0.15, -0.1) is 0 Å². The highest BCUT2D eigenvalue weighted by Crippen LogP contribution is 2.35. The molecule has 4 aliphatic rings. The Morgan fingerprint density at radius 3 is 1.24 bits per heavy atom. The number of carbonyl (C=O) groups is 6. The lowest BCUT2D eigenvalue weighted by Crippen LogP contribution is -2.58. The van der Waals surface area contributed by atoms with E-state index in [1.807, 2.05) is 60.7 Å². The van der Waals surface area contributed by atoms with E-state index in [1.54, 1.807) is 37.7 Å². The maximum Gasteiger partial charge on any atom is 0.246 e. The number of carbonyl (C=O) groups excluding carboxylic acids is 6. The van der Waals surface area contributed by atoms with Crippen molar-refractivity contribution in [3.05, 3.63) is 143 Å². The number of amides is 6. The highest BCUT2D eigenvalue weighted by Gasteiger charge is 2.46. The number of rotatable bonds is 22. The Bertz CT molecular complexity index is 2530. The first-order valence-corrected chi connectivity index (χ1v) is 29.7. The molecule has 4 aliphatic heterocycles. The smallest absolute Gasteiger partial charge is 0.246 e. The summed E-state index contributed by atoms with van der Waals surface area (Å²) in [6.07, 6.45) is 12.5. The molecule has 0 bridgehead atoms. The second kappa shape index (κ2) is 29.2. The number of hydrogen-bond donors (Lipinski definition) is 8. The fourth-order valence-corrected chi connectivity index (χ4v) is 12.2. The average Bonchev–Trinajstić information content (AvgIpc) is 4.19. The number of benzene rings is 4. The molecule has 4 aromatic rings. The number of nitrogens with zero attached hydrogens (tertiary/aromatic N) is 2. The molecule has 0 spiro atoms. The highest BCUT2D eigenvalue weighted by atomic mass is 32.1. The van der Waals surface area contributed by atoms with E-state index in [9.17, 15) is 28.8 Å². The van der Waals surface area contributed by atoms with Gasteiger partial charge in [-0.3, -0.25) is 28.8 Å². The van der Waals surface area contributed by atoms with Crippen LogP contribution in [0.2, 0.25) is 0 Å². The van der Waals surface area contributed by atoms with Crippen molar-refractivity contribution in [1.82, 2.24) is 52.3 Å². The van der Waals surface area contributed by atoms with Gasteiger partial charge in [-0.05, 0) is 151 Å². The molecule has 4 aromatic carbocycles. The van der Waals surface area contributed by atoms with Gasteiger partial charge in [0.25, 0.3) is 0 Å². The molecule has 0 aliphatic carbocycles. The molecule has 80 heavy (non-hydrogen) atoms. The maximum absolute atomic E-state index is 14.3. The zero-order valence-corrected chi connectivity index (χ0v) is 48.0. The number of nitrogens with one attached hydrogen (secondary N) is 8. The van der Waals surface area contributed by atoms with Crippen LogP contribution in [-0.2, 0) is 41.6 Å². The number of likely N-dealkylation sites (N-methyl/N-ethyl adjacent to an activating group) is 2. The Hall–Kier alpha value is -6.69. The molecule has 428 valence electrons. The first-order chi connectivity index (χ1) is 38.8. The summed E-state index contributed by atoms with van der Waals surface area (Å²) in [7, 11) is 3.43. The van der Waals surface area contributed by atoms with Crippen molar-refractivity contribution in [1.29, 1.82) is 0 Å². The Morgan fingerprint density at radius 1 is 0.500 bits per heavy atom. The molecule has 4 saturated heterocycles. The van der Waals surface area contributed by atoms with Crippen LogP contribution in [0.5, 0.6) is 0 Å². The summed E-state index contributed by atoms with van der Waals surface area (Å²) in [5.74, 6) is -1.15. The Kier molecular flexibility index (Phi) is 21.7. The fourth-order valence-electron chi connectivity index (χ4n) is 12.0. The van der Waals surface area contributed by atoms with Crippen LogP contribution in [0.4, 0.5) is 0 Å². The zero-order chi connectivity index (χ0) is 56.5. The number of fused-ring (bicyclic) bond motifs is 2. The van der Waals surface area contributed by atoms with Crippen LogP contribution in [0.1, 0.15) is 149 Å². The average molecular weight is 1110 g/mol. The third-order valence-corrected chi connectivity index (χ3v) is 17.2. The van der Waals surface area contributed by atoms with E-state index in [2.05, 4.69) is 91.1 Å². The molecule has 8 rings (SSSR count). The van der Waals surface area contributed by atoms with Crippen LogP contribution in [0.15, 0.2) is 109 Å². The minimum Gasteiger partial charge on any atom is -0.363 e. The Labute approximate surface area is 478 Å². The summed E-state index contributed by atoms with van der Waals surface area (Å²) in [5, 5.41) is 25.8. The monoisotopic (exact) mass is 1110 g/mol. The van der Waals surface area contributed by atoms with Gasteiger partial charge in [-0.25, -0.2) is 0 Å². The Balaban J connectivity index is 0.790. The third kappa shape index (κ3) is 15.4. The van der Waals surface area contributed by atoms with Crippen molar-refractivity contribution in [2.45, 2.75) is 177 Å². The summed E-state index contributed by atoms with van der Waals surface area (Å²) >= 11 is 5.65. The molecule has 0 saturated carbocycles. The van der Waals surface area contributed by atoms with Gasteiger partial charge in [-0.2, -0.15) is 0 Å². The molecule has 0 radical (unpaired) electrons. The van der Waals surface area contributed by atoms with Gasteiger partial charge in [0.1, 0.15) is 24.2 Å². The van der Waals surface area contributed by atoms with Gasteiger partial charge < -0.3 is 52.3 Å². The molecule has 10 atom stereocenters. The molecular formula is C63H84N10O6S. The van der Waals surface area contributed by atoms with E-state index in [0.29, 0.717) is 43.9 Å². The standard InChI is InChI=1S/C63H84N10O6S/c1-41(64-3)57(74)68-51-25-13-11-23-49-35-37-53(72(49)61(51)78)59(76)70-55(45-19-7-5-8-20-45)47-31-27-43(28-32-47)17-15-39-66-63(80)67-40-16-18-44-29-33-48(34-30-44)56(46-21-9-6-10-22-46)71-60(77)54-38-36-50-24-12-14-26-52(62(79)73(50)54)69-58(75)42(2)65-4/h5-10,19-22,27-34,41-42,49-56,64-65H,11-18,23-26,35-40H2,1-4H3,(H,68,74)(H,69,75)(H,70,76)(H,71,77)(H2,66,67,80)/t41-,42+,49-,50-,51-,52-,53-,54-,55+,56-/m0/s1. The van der Waals surface area contributed by atoms with Gasteiger partial charge in [0.2, 0.25) is 35.4 Å². The minimum absolute atomic E-state index is 0.0291. The topological polar surface area (TPSA) is 205 Å². The van der Waals surface area contributed by atoms with Crippen LogP contribution in [0.25, 0.3) is 0 Å². The van der Waals surface area contributed by atoms with E-state index in [1.165, 1.54) is 11.1 Å². The van der Waals surface area contributed by atoms with Gasteiger partial charge >= 0.3 is 0 Å². The summed E-state index contributed by atoms with van der Waals surface area (Å²) in [6.45, 7) is 4.95. The van der Waals surface area contributed by atoms with Crippen molar-refractivity contribution >= 4 is 52.8 Å². The summed E-state index contributed by atoms with van der Waals surface area (Å²) < 4.78 is 0. The molecule has 17 heteroatoms. The van der Waals surface area contributed by atoms with Crippen LogP contribution >= 0.6 is 12.2 Å². The molecule has 16 nitrogen and oxygen atoms in total. The third-order valence-electron chi connectivity index (χ3n) is 16.9. The minimum atomic E-state index is -0.661. The summed E-state index contributed by atoms with van der Waals surface area (Å²) in [4.78, 5) is 86.1. The fraction of sp³-hybridized carbons (Fsp3) is 0.508. The first-order valence-electron chi connectivity index (χ1n) is 29.3. The second-order valence-corrected chi connectivity index (χ2v) is 22.7. The van der Waals surface area contributed by atoms with Crippen LogP contribution in [-0.4, -0.2) is 126 Å². The molecule has 0 unspecified atom stereocenters. The van der Waals surface area contributed by atoms with E-state index in [0.717, 1.165) is 99.3 Å². The summed E-state index contributed by atoms with van der Waals surface area (Å²) in [6, 6.07) is 32.3. The second-order valence-electron chi connectivity index (χ2n) is 22.3. The largest absolute Gasteiger partial charge is 0.363 e. The van der Waals surface area contributed by atoms with Gasteiger partial charge in [0.05, 0.1) is 24.2 Å². The van der Waals surface area contributed by atoms with Crippen molar-refractivity contribution in [2.24, 2.45) is 0 Å². The van der Waals surface area contributed by atoms with Crippen molar-refractivity contribution < 1.29 is 28.8 Å². The first kappa shape index (κ1) is 59.4. The molecule has 4 heterocycles. The van der Waals surface area contributed by atoms with Crippen LogP contribution in [0.3, 0.4) is 0 Å².